The van der Waals surface area contributed by atoms with Crippen LogP contribution in [0.5, 0.6) is 0 Å². The Hall–Kier alpha value is -2.54. The van der Waals surface area contributed by atoms with E-state index in [9.17, 15) is 14.0 Å². The minimum absolute atomic E-state index is 0.0534. The molecule has 2 amide bonds. The van der Waals surface area contributed by atoms with Crippen LogP contribution in [0.2, 0.25) is 5.02 Å². The quantitative estimate of drug-likeness (QED) is 0.928. The van der Waals surface area contributed by atoms with Gasteiger partial charge < -0.3 is 10.2 Å². The lowest BCUT2D eigenvalue weighted by atomic mass is 10.2. The van der Waals surface area contributed by atoms with Crippen molar-refractivity contribution < 1.29 is 14.0 Å². The molecule has 1 aromatic heterocycles. The van der Waals surface area contributed by atoms with Crippen molar-refractivity contribution in [3.05, 3.63) is 53.3 Å². The summed E-state index contributed by atoms with van der Waals surface area (Å²) in [6.07, 6.45) is 4.63. The second-order valence-corrected chi connectivity index (χ2v) is 5.40. The molecule has 118 valence electrons. The van der Waals surface area contributed by atoms with E-state index in [1.54, 1.807) is 0 Å². The van der Waals surface area contributed by atoms with Crippen molar-refractivity contribution in [1.29, 1.82) is 0 Å². The molecule has 2 heterocycles. The van der Waals surface area contributed by atoms with Crippen molar-refractivity contribution in [3.63, 3.8) is 0 Å². The average molecular weight is 335 g/mol. The third kappa shape index (κ3) is 3.14. The number of carbonyl (C=O) groups is 2. The van der Waals surface area contributed by atoms with Crippen LogP contribution in [0.15, 0.2) is 36.8 Å². The summed E-state index contributed by atoms with van der Waals surface area (Å²) in [5.74, 6) is -1.28. The van der Waals surface area contributed by atoms with Crippen LogP contribution in [0.25, 0.3) is 0 Å². The Kier molecular flexibility index (Phi) is 4.20. The number of amides is 2. The molecule has 1 fully saturated rings. The highest BCUT2D eigenvalue weighted by Gasteiger charge is 2.34. The summed E-state index contributed by atoms with van der Waals surface area (Å²) >= 11 is 5.74. The van der Waals surface area contributed by atoms with Gasteiger partial charge in [0, 0.05) is 24.6 Å². The molecule has 0 bridgehead atoms. The number of carbonyl (C=O) groups excluding carboxylic acids is 2. The largest absolute Gasteiger partial charge is 0.339 e. The number of aromatic nitrogens is 2. The van der Waals surface area contributed by atoms with Gasteiger partial charge in [0.05, 0.1) is 11.2 Å². The van der Waals surface area contributed by atoms with Gasteiger partial charge in [-0.25, -0.2) is 9.37 Å². The molecule has 1 saturated heterocycles. The lowest BCUT2D eigenvalue weighted by molar-refractivity contribution is -0.118. The van der Waals surface area contributed by atoms with Gasteiger partial charge in [0.15, 0.2) is 0 Å². The van der Waals surface area contributed by atoms with Gasteiger partial charge in [-0.3, -0.25) is 14.6 Å². The van der Waals surface area contributed by atoms with Gasteiger partial charge in [0.25, 0.3) is 5.91 Å². The first-order chi connectivity index (χ1) is 11.1. The number of rotatable bonds is 3. The summed E-state index contributed by atoms with van der Waals surface area (Å²) < 4.78 is 13.2. The Morgan fingerprint density at radius 3 is 2.91 bits per heavy atom. The summed E-state index contributed by atoms with van der Waals surface area (Å²) in [6.45, 7) is 0.409. The van der Waals surface area contributed by atoms with Gasteiger partial charge >= 0.3 is 0 Å². The van der Waals surface area contributed by atoms with Gasteiger partial charge in [-0.05, 0) is 24.6 Å². The Balaban J connectivity index is 1.71. The number of hydrogen-bond acceptors (Lipinski definition) is 4. The summed E-state index contributed by atoms with van der Waals surface area (Å²) in [7, 11) is 0. The number of hydrogen-bond donors (Lipinski definition) is 1. The van der Waals surface area contributed by atoms with Crippen molar-refractivity contribution in [3.8, 4) is 0 Å². The van der Waals surface area contributed by atoms with E-state index in [-0.39, 0.29) is 16.6 Å². The van der Waals surface area contributed by atoms with Gasteiger partial charge in [-0.15, -0.1) is 0 Å². The van der Waals surface area contributed by atoms with Crippen LogP contribution in [0.3, 0.4) is 0 Å². The van der Waals surface area contributed by atoms with E-state index in [2.05, 4.69) is 15.3 Å². The van der Waals surface area contributed by atoms with E-state index in [4.69, 9.17) is 11.6 Å². The molecule has 0 radical (unpaired) electrons. The fraction of sp³-hybridized carbons (Fsp3) is 0.200. The van der Waals surface area contributed by atoms with Crippen LogP contribution in [0.1, 0.15) is 16.9 Å². The molecule has 1 aliphatic rings. The predicted octanol–water partition coefficient (Wildman–Crippen LogP) is 1.80. The van der Waals surface area contributed by atoms with Crippen LogP contribution >= 0.6 is 11.6 Å². The Morgan fingerprint density at radius 1 is 1.39 bits per heavy atom. The van der Waals surface area contributed by atoms with Gasteiger partial charge in [0.1, 0.15) is 17.6 Å². The molecular formula is C15H12ClFN4O2. The van der Waals surface area contributed by atoms with Crippen LogP contribution in [0, 0.1) is 5.82 Å². The molecule has 0 unspecified atom stereocenters. The van der Waals surface area contributed by atoms with Crippen LogP contribution in [0.4, 0.5) is 10.1 Å². The van der Waals surface area contributed by atoms with E-state index >= 15 is 0 Å². The maximum Gasteiger partial charge on any atom is 0.272 e. The van der Waals surface area contributed by atoms with Crippen LogP contribution in [-0.4, -0.2) is 34.4 Å². The molecule has 2 aromatic rings. The zero-order chi connectivity index (χ0) is 16.4. The zero-order valence-corrected chi connectivity index (χ0v) is 12.6. The topological polar surface area (TPSA) is 75.2 Å². The normalized spacial score (nSPS) is 17.4. The molecule has 1 N–H and O–H groups in total. The van der Waals surface area contributed by atoms with Crippen LogP contribution in [-0.2, 0) is 4.79 Å². The lowest BCUT2D eigenvalue weighted by Crippen LogP contribution is -2.41. The van der Waals surface area contributed by atoms with Crippen molar-refractivity contribution >= 4 is 29.1 Å². The lowest BCUT2D eigenvalue weighted by Gasteiger charge is -2.17. The first kappa shape index (κ1) is 15.4. The van der Waals surface area contributed by atoms with Crippen molar-refractivity contribution in [2.45, 2.75) is 12.5 Å². The van der Waals surface area contributed by atoms with Crippen molar-refractivity contribution in [2.24, 2.45) is 0 Å². The number of anilines is 1. The number of nitrogens with one attached hydrogen (secondary N) is 1. The highest BCUT2D eigenvalue weighted by Crippen LogP contribution is 2.26. The second-order valence-electron chi connectivity index (χ2n) is 4.99. The third-order valence-electron chi connectivity index (χ3n) is 3.52. The second kappa shape index (κ2) is 6.29. The number of nitrogens with zero attached hydrogens (tertiary/aromatic N) is 3. The average Bonchev–Trinajstić information content (AvgIpc) is 2.92. The minimum atomic E-state index is -0.659. The van der Waals surface area contributed by atoms with E-state index in [1.165, 1.54) is 41.7 Å². The minimum Gasteiger partial charge on any atom is -0.339 e. The molecule has 0 spiro atoms. The first-order valence-corrected chi connectivity index (χ1v) is 7.27. The first-order valence-electron chi connectivity index (χ1n) is 6.89. The summed E-state index contributed by atoms with van der Waals surface area (Å²) in [5.41, 5.74) is 0.640. The van der Waals surface area contributed by atoms with E-state index in [1.807, 2.05) is 0 Å². The highest BCUT2D eigenvalue weighted by molar-refractivity contribution is 6.31. The van der Waals surface area contributed by atoms with E-state index < -0.39 is 17.8 Å². The molecule has 3 rings (SSSR count). The third-order valence-corrected chi connectivity index (χ3v) is 3.81. The summed E-state index contributed by atoms with van der Waals surface area (Å²) in [6, 6.07) is 3.41. The fourth-order valence-electron chi connectivity index (χ4n) is 2.37. The fourth-order valence-corrected chi connectivity index (χ4v) is 2.55. The van der Waals surface area contributed by atoms with Crippen LogP contribution < -0.4 is 10.2 Å². The SMILES string of the molecule is O=C(N[C@H]1CCN(c2ccc(F)c(Cl)c2)C1=O)c1cnccn1. The molecule has 0 saturated carbocycles. The molecule has 1 atom stereocenters. The van der Waals surface area contributed by atoms with Crippen molar-refractivity contribution in [2.75, 3.05) is 11.4 Å². The van der Waals surface area contributed by atoms with Gasteiger partial charge in [-0.1, -0.05) is 11.6 Å². The zero-order valence-electron chi connectivity index (χ0n) is 11.9. The smallest absolute Gasteiger partial charge is 0.272 e. The van der Waals surface area contributed by atoms with E-state index in [0.29, 0.717) is 18.7 Å². The Bertz CT molecular complexity index is 756. The molecule has 0 aliphatic carbocycles. The molecule has 1 aromatic carbocycles. The molecule has 8 heteroatoms. The Morgan fingerprint density at radius 2 is 2.22 bits per heavy atom. The maximum atomic E-state index is 13.2. The monoisotopic (exact) mass is 334 g/mol. The molecule has 1 aliphatic heterocycles. The van der Waals surface area contributed by atoms with Gasteiger partial charge in [0.2, 0.25) is 5.91 Å². The molecule has 23 heavy (non-hydrogen) atoms. The van der Waals surface area contributed by atoms with E-state index in [0.717, 1.165) is 0 Å². The number of halogens is 2. The number of benzene rings is 1. The standard InChI is InChI=1S/C15H12ClFN4O2/c16-10-7-9(1-2-11(10)17)21-6-3-12(15(21)23)20-14(22)13-8-18-4-5-19-13/h1-2,4-5,7-8,12H,3,6H2,(H,20,22)/t12-/m0/s1. The highest BCUT2D eigenvalue weighted by atomic mass is 35.5. The Labute approximate surface area is 136 Å². The summed E-state index contributed by atoms with van der Waals surface area (Å²) in [4.78, 5) is 33.6. The summed E-state index contributed by atoms with van der Waals surface area (Å²) in [5, 5.41) is 2.58. The molecular weight excluding hydrogens is 323 g/mol. The molecule has 6 nitrogen and oxygen atoms in total. The van der Waals surface area contributed by atoms with Crippen molar-refractivity contribution in [1.82, 2.24) is 15.3 Å². The van der Waals surface area contributed by atoms with Gasteiger partial charge in [-0.2, -0.15) is 0 Å². The predicted molar refractivity (Wildman–Crippen MR) is 81.7 cm³/mol. The maximum absolute atomic E-state index is 13.2.